The molecule has 1 heteroatoms. The summed E-state index contributed by atoms with van der Waals surface area (Å²) in [6, 6.07) is 8.16. The number of benzene rings is 1. The van der Waals surface area contributed by atoms with Crippen LogP contribution < -0.4 is 0 Å². The molecule has 0 aliphatic rings. The molecular formula is C14H22O. The lowest BCUT2D eigenvalue weighted by atomic mass is 9.88. The number of aliphatic hydroxyl groups is 1. The fraction of sp³-hybridized carbons (Fsp3) is 0.571. The molecule has 0 aromatic heterocycles. The second kappa shape index (κ2) is 4.80. The summed E-state index contributed by atoms with van der Waals surface area (Å²) in [7, 11) is 0. The molecule has 0 saturated carbocycles. The van der Waals surface area contributed by atoms with E-state index in [4.69, 9.17) is 0 Å². The second-order valence-corrected chi connectivity index (χ2v) is 5.07. The van der Waals surface area contributed by atoms with Crippen LogP contribution in [0, 0.1) is 12.8 Å². The van der Waals surface area contributed by atoms with Crippen LogP contribution in [0.3, 0.4) is 0 Å². The highest BCUT2D eigenvalue weighted by atomic mass is 16.3. The third-order valence-electron chi connectivity index (χ3n) is 2.88. The monoisotopic (exact) mass is 206 g/mol. The lowest BCUT2D eigenvalue weighted by molar-refractivity contribution is 0.0420. The van der Waals surface area contributed by atoms with Gasteiger partial charge in [0.2, 0.25) is 0 Å². The minimum absolute atomic E-state index is 0.641. The summed E-state index contributed by atoms with van der Waals surface area (Å²) < 4.78 is 0. The zero-order valence-corrected chi connectivity index (χ0v) is 10.2. The highest BCUT2D eigenvalue weighted by molar-refractivity contribution is 5.25. The molecule has 0 fully saturated rings. The third-order valence-corrected chi connectivity index (χ3v) is 2.88. The maximum atomic E-state index is 10.3. The summed E-state index contributed by atoms with van der Waals surface area (Å²) in [5.41, 5.74) is 1.57. The maximum Gasteiger partial charge on any atom is 0.0868 e. The molecule has 0 saturated heterocycles. The molecule has 84 valence electrons. The average molecular weight is 206 g/mol. The van der Waals surface area contributed by atoms with E-state index >= 15 is 0 Å². The first-order valence-electron chi connectivity index (χ1n) is 5.71. The quantitative estimate of drug-likeness (QED) is 0.797. The van der Waals surface area contributed by atoms with Crippen molar-refractivity contribution in [1.82, 2.24) is 0 Å². The fourth-order valence-corrected chi connectivity index (χ4v) is 1.63. The molecule has 1 atom stereocenters. The molecule has 0 amide bonds. The molecule has 0 aliphatic heterocycles. The molecule has 15 heavy (non-hydrogen) atoms. The first kappa shape index (κ1) is 12.3. The van der Waals surface area contributed by atoms with Gasteiger partial charge in [0.1, 0.15) is 0 Å². The summed E-state index contributed by atoms with van der Waals surface area (Å²) >= 11 is 0. The van der Waals surface area contributed by atoms with Crippen LogP contribution in [-0.2, 0) is 5.60 Å². The molecule has 1 rings (SSSR count). The minimum atomic E-state index is -0.683. The summed E-state index contributed by atoms with van der Waals surface area (Å²) in [4.78, 5) is 0. The van der Waals surface area contributed by atoms with Crippen molar-refractivity contribution in [3.63, 3.8) is 0 Å². The van der Waals surface area contributed by atoms with E-state index in [0.29, 0.717) is 5.92 Å². The lowest BCUT2D eigenvalue weighted by Crippen LogP contribution is -2.21. The van der Waals surface area contributed by atoms with Crippen molar-refractivity contribution >= 4 is 0 Å². The number of hydrogen-bond acceptors (Lipinski definition) is 1. The van der Waals surface area contributed by atoms with Crippen LogP contribution >= 0.6 is 0 Å². The predicted octanol–water partition coefficient (Wildman–Crippen LogP) is 3.64. The largest absolute Gasteiger partial charge is 0.385 e. The van der Waals surface area contributed by atoms with Crippen LogP contribution in [0.4, 0.5) is 0 Å². The third kappa shape index (κ3) is 3.67. The second-order valence-electron chi connectivity index (χ2n) is 5.07. The van der Waals surface area contributed by atoms with E-state index in [9.17, 15) is 5.11 Å². The number of hydrogen-bond donors (Lipinski definition) is 1. The van der Waals surface area contributed by atoms with E-state index in [-0.39, 0.29) is 0 Å². The van der Waals surface area contributed by atoms with Gasteiger partial charge in [0, 0.05) is 0 Å². The van der Waals surface area contributed by atoms with Crippen molar-refractivity contribution < 1.29 is 5.11 Å². The fourth-order valence-electron chi connectivity index (χ4n) is 1.63. The van der Waals surface area contributed by atoms with E-state index in [2.05, 4.69) is 32.9 Å². The van der Waals surface area contributed by atoms with Gasteiger partial charge < -0.3 is 5.11 Å². The van der Waals surface area contributed by atoms with Crippen molar-refractivity contribution in [3.8, 4) is 0 Å². The Hall–Kier alpha value is -0.820. The van der Waals surface area contributed by atoms with Gasteiger partial charge >= 0.3 is 0 Å². The van der Waals surface area contributed by atoms with E-state index < -0.39 is 5.60 Å². The van der Waals surface area contributed by atoms with Crippen LogP contribution in [0.15, 0.2) is 24.3 Å². The zero-order chi connectivity index (χ0) is 11.5. The van der Waals surface area contributed by atoms with Crippen LogP contribution in [-0.4, -0.2) is 5.11 Å². The molecule has 1 aromatic rings. The van der Waals surface area contributed by atoms with Crippen LogP contribution in [0.2, 0.25) is 0 Å². The first-order valence-corrected chi connectivity index (χ1v) is 5.71. The molecule has 0 heterocycles. The topological polar surface area (TPSA) is 20.2 Å². The van der Waals surface area contributed by atoms with E-state index in [1.807, 2.05) is 19.1 Å². The van der Waals surface area contributed by atoms with Gasteiger partial charge in [0.05, 0.1) is 5.60 Å². The number of rotatable bonds is 4. The Morgan fingerprint density at radius 2 is 1.73 bits per heavy atom. The lowest BCUT2D eigenvalue weighted by Gasteiger charge is -2.25. The molecule has 1 N–H and O–H groups in total. The van der Waals surface area contributed by atoms with Gasteiger partial charge in [0.25, 0.3) is 0 Å². The number of aryl methyl sites for hydroxylation is 1. The van der Waals surface area contributed by atoms with Crippen LogP contribution in [0.5, 0.6) is 0 Å². The normalized spacial score (nSPS) is 15.3. The van der Waals surface area contributed by atoms with Gasteiger partial charge in [-0.3, -0.25) is 0 Å². The molecule has 0 bridgehead atoms. The molecule has 0 aliphatic carbocycles. The Kier molecular flexibility index (Phi) is 3.92. The van der Waals surface area contributed by atoms with E-state index in [0.717, 1.165) is 18.4 Å². The molecular weight excluding hydrogens is 184 g/mol. The van der Waals surface area contributed by atoms with E-state index in [1.54, 1.807) is 0 Å². The SMILES string of the molecule is Cc1ccc(C(C)(O)CCC(C)C)cc1. The van der Waals surface area contributed by atoms with Crippen molar-refractivity contribution in [1.29, 1.82) is 0 Å². The first-order chi connectivity index (χ1) is 6.92. The van der Waals surface area contributed by atoms with Gasteiger partial charge in [-0.1, -0.05) is 43.7 Å². The Morgan fingerprint density at radius 3 is 2.20 bits per heavy atom. The summed E-state index contributed by atoms with van der Waals surface area (Å²) in [5.74, 6) is 0.641. The Labute approximate surface area is 93.1 Å². The molecule has 1 aromatic carbocycles. The molecule has 0 spiro atoms. The van der Waals surface area contributed by atoms with Crippen molar-refractivity contribution in [3.05, 3.63) is 35.4 Å². The standard InChI is InChI=1S/C14H22O/c1-11(2)9-10-14(4,15)13-7-5-12(3)6-8-13/h5-8,11,15H,9-10H2,1-4H3. The maximum absolute atomic E-state index is 10.3. The van der Waals surface area contributed by atoms with Crippen LogP contribution in [0.1, 0.15) is 44.7 Å². The zero-order valence-electron chi connectivity index (χ0n) is 10.2. The van der Waals surface area contributed by atoms with Gasteiger partial charge in [-0.25, -0.2) is 0 Å². The van der Waals surface area contributed by atoms with E-state index in [1.165, 1.54) is 5.56 Å². The van der Waals surface area contributed by atoms with Gasteiger partial charge in [0.15, 0.2) is 0 Å². The summed E-state index contributed by atoms with van der Waals surface area (Å²) in [6.07, 6.45) is 1.88. The molecule has 0 radical (unpaired) electrons. The predicted molar refractivity (Wildman–Crippen MR) is 64.8 cm³/mol. The average Bonchev–Trinajstić information content (AvgIpc) is 2.16. The summed E-state index contributed by atoms with van der Waals surface area (Å²) in [5, 5.41) is 10.3. The smallest absolute Gasteiger partial charge is 0.0868 e. The summed E-state index contributed by atoms with van der Waals surface area (Å²) in [6.45, 7) is 8.34. The molecule has 1 unspecified atom stereocenters. The van der Waals surface area contributed by atoms with Crippen molar-refractivity contribution in [2.24, 2.45) is 5.92 Å². The van der Waals surface area contributed by atoms with Crippen molar-refractivity contribution in [2.75, 3.05) is 0 Å². The van der Waals surface area contributed by atoms with Gasteiger partial charge in [-0.05, 0) is 38.2 Å². The molecule has 1 nitrogen and oxygen atoms in total. The van der Waals surface area contributed by atoms with Crippen molar-refractivity contribution in [2.45, 2.75) is 46.1 Å². The van der Waals surface area contributed by atoms with Gasteiger partial charge in [-0.2, -0.15) is 0 Å². The Morgan fingerprint density at radius 1 is 1.20 bits per heavy atom. The Bertz CT molecular complexity index is 296. The minimum Gasteiger partial charge on any atom is -0.385 e. The van der Waals surface area contributed by atoms with Crippen LogP contribution in [0.25, 0.3) is 0 Å². The van der Waals surface area contributed by atoms with Gasteiger partial charge in [-0.15, -0.1) is 0 Å². The highest BCUT2D eigenvalue weighted by Crippen LogP contribution is 2.27. The Balaban J connectivity index is 2.72. The highest BCUT2D eigenvalue weighted by Gasteiger charge is 2.22.